The Morgan fingerprint density at radius 2 is 2.09 bits per heavy atom. The number of carbonyl (C=O) groups excluding carboxylic acids is 1. The van der Waals surface area contributed by atoms with E-state index in [1.165, 1.54) is 0 Å². The molecule has 1 aromatic carbocycles. The molecule has 0 fully saturated rings. The Labute approximate surface area is 128 Å². The Morgan fingerprint density at radius 3 is 2.77 bits per heavy atom. The highest BCUT2D eigenvalue weighted by Crippen LogP contribution is 2.23. The van der Waals surface area contributed by atoms with Crippen molar-refractivity contribution in [2.24, 2.45) is 0 Å². The molecule has 0 saturated carbocycles. The number of imidazole rings is 1. The second-order valence-electron chi connectivity index (χ2n) is 5.05. The van der Waals surface area contributed by atoms with Crippen LogP contribution in [0.1, 0.15) is 25.3 Å². The van der Waals surface area contributed by atoms with E-state index in [0.29, 0.717) is 12.4 Å². The first-order valence-corrected chi connectivity index (χ1v) is 7.25. The summed E-state index contributed by atoms with van der Waals surface area (Å²) in [6, 6.07) is 9.67. The number of aromatic nitrogens is 3. The number of hydrogen-bond acceptors (Lipinski definition) is 4. The van der Waals surface area contributed by atoms with Crippen molar-refractivity contribution in [2.75, 3.05) is 6.61 Å². The van der Waals surface area contributed by atoms with Gasteiger partial charge in [-0.2, -0.15) is 0 Å². The minimum atomic E-state index is -0.267. The average Bonchev–Trinajstić information content (AvgIpc) is 2.98. The van der Waals surface area contributed by atoms with Gasteiger partial charge in [0.05, 0.1) is 18.2 Å². The Balaban J connectivity index is 1.86. The number of rotatable bonds is 4. The number of carbonyl (C=O) groups is 1. The van der Waals surface area contributed by atoms with Crippen LogP contribution in [0.4, 0.5) is 0 Å². The highest BCUT2D eigenvalue weighted by atomic mass is 16.5. The standard InChI is InChI=1S/C17H17N3O2/c1-3-22-16(21)12(2)13-5-7-14(8-6-13)15-11-20-10-4-9-18-17(20)19-15/h4-12H,3H2,1-2H3. The minimum absolute atomic E-state index is 0.202. The molecule has 0 N–H and O–H groups in total. The molecule has 0 aliphatic heterocycles. The average molecular weight is 295 g/mol. The van der Waals surface area contributed by atoms with Crippen molar-refractivity contribution in [3.05, 3.63) is 54.5 Å². The van der Waals surface area contributed by atoms with Crippen LogP contribution in [0.5, 0.6) is 0 Å². The van der Waals surface area contributed by atoms with Gasteiger partial charge in [-0.25, -0.2) is 9.97 Å². The lowest BCUT2D eigenvalue weighted by atomic mass is 9.99. The largest absolute Gasteiger partial charge is 0.466 e. The molecule has 5 nitrogen and oxygen atoms in total. The molecule has 0 aliphatic carbocycles. The lowest BCUT2D eigenvalue weighted by molar-refractivity contribution is -0.144. The fourth-order valence-electron chi connectivity index (χ4n) is 2.31. The van der Waals surface area contributed by atoms with E-state index in [1.54, 1.807) is 6.20 Å². The smallest absolute Gasteiger partial charge is 0.313 e. The van der Waals surface area contributed by atoms with Crippen molar-refractivity contribution in [1.82, 2.24) is 14.4 Å². The van der Waals surface area contributed by atoms with Crippen LogP contribution in [-0.4, -0.2) is 26.9 Å². The summed E-state index contributed by atoms with van der Waals surface area (Å²) in [5.74, 6) is 0.199. The molecule has 0 radical (unpaired) electrons. The van der Waals surface area contributed by atoms with Crippen molar-refractivity contribution in [3.8, 4) is 11.3 Å². The van der Waals surface area contributed by atoms with Crippen LogP contribution < -0.4 is 0 Å². The van der Waals surface area contributed by atoms with Crippen LogP contribution in [0.2, 0.25) is 0 Å². The molecule has 2 heterocycles. The first kappa shape index (κ1) is 14.3. The number of benzene rings is 1. The summed E-state index contributed by atoms with van der Waals surface area (Å²) in [5, 5.41) is 0. The van der Waals surface area contributed by atoms with E-state index in [9.17, 15) is 4.79 Å². The van der Waals surface area contributed by atoms with E-state index in [-0.39, 0.29) is 11.9 Å². The van der Waals surface area contributed by atoms with Gasteiger partial charge >= 0.3 is 5.97 Å². The number of ether oxygens (including phenoxy) is 1. The number of fused-ring (bicyclic) bond motifs is 1. The minimum Gasteiger partial charge on any atom is -0.466 e. The lowest BCUT2D eigenvalue weighted by Gasteiger charge is -2.11. The van der Waals surface area contributed by atoms with E-state index in [4.69, 9.17) is 4.74 Å². The van der Waals surface area contributed by atoms with Crippen molar-refractivity contribution in [1.29, 1.82) is 0 Å². The molecular weight excluding hydrogens is 278 g/mol. The molecule has 0 amide bonds. The van der Waals surface area contributed by atoms with Gasteiger partial charge in [0.15, 0.2) is 0 Å². The van der Waals surface area contributed by atoms with Crippen LogP contribution in [0.15, 0.2) is 48.9 Å². The fraction of sp³-hybridized carbons (Fsp3) is 0.235. The SMILES string of the molecule is CCOC(=O)C(C)c1ccc(-c2cn3cccnc3n2)cc1. The van der Waals surface area contributed by atoms with Gasteiger partial charge in [0.25, 0.3) is 0 Å². The molecule has 3 aromatic rings. The molecule has 5 heteroatoms. The number of esters is 1. The maximum absolute atomic E-state index is 11.8. The van der Waals surface area contributed by atoms with Gasteiger partial charge in [0.1, 0.15) is 0 Å². The summed E-state index contributed by atoms with van der Waals surface area (Å²) < 4.78 is 6.93. The van der Waals surface area contributed by atoms with Gasteiger partial charge in [-0.15, -0.1) is 0 Å². The third-order valence-corrected chi connectivity index (χ3v) is 3.58. The van der Waals surface area contributed by atoms with Gasteiger partial charge in [-0.1, -0.05) is 24.3 Å². The summed E-state index contributed by atoms with van der Waals surface area (Å²) in [4.78, 5) is 20.5. The van der Waals surface area contributed by atoms with Crippen LogP contribution in [-0.2, 0) is 9.53 Å². The van der Waals surface area contributed by atoms with Gasteiger partial charge in [0, 0.05) is 24.2 Å². The quantitative estimate of drug-likeness (QED) is 0.694. The van der Waals surface area contributed by atoms with E-state index in [0.717, 1.165) is 16.8 Å². The van der Waals surface area contributed by atoms with Crippen molar-refractivity contribution >= 4 is 11.7 Å². The highest BCUT2D eigenvalue weighted by molar-refractivity contribution is 5.78. The summed E-state index contributed by atoms with van der Waals surface area (Å²) in [6.45, 7) is 4.06. The fourth-order valence-corrected chi connectivity index (χ4v) is 2.31. The Kier molecular flexibility index (Phi) is 3.87. The molecule has 22 heavy (non-hydrogen) atoms. The van der Waals surface area contributed by atoms with Crippen molar-refractivity contribution in [3.63, 3.8) is 0 Å². The predicted molar refractivity (Wildman–Crippen MR) is 83.5 cm³/mol. The number of hydrogen-bond donors (Lipinski definition) is 0. The summed E-state index contributed by atoms with van der Waals surface area (Å²) in [7, 11) is 0. The molecule has 0 aliphatic rings. The summed E-state index contributed by atoms with van der Waals surface area (Å²) in [5.41, 5.74) is 2.78. The topological polar surface area (TPSA) is 56.5 Å². The van der Waals surface area contributed by atoms with Gasteiger partial charge in [-0.3, -0.25) is 9.20 Å². The van der Waals surface area contributed by atoms with E-state index in [2.05, 4.69) is 9.97 Å². The summed E-state index contributed by atoms with van der Waals surface area (Å²) in [6.07, 6.45) is 5.57. The first-order chi connectivity index (χ1) is 10.7. The normalized spacial score (nSPS) is 12.3. The zero-order chi connectivity index (χ0) is 15.5. The van der Waals surface area contributed by atoms with Crippen LogP contribution in [0.3, 0.4) is 0 Å². The van der Waals surface area contributed by atoms with E-state index in [1.807, 2.05) is 61.0 Å². The third kappa shape index (κ3) is 2.70. The maximum atomic E-state index is 11.8. The maximum Gasteiger partial charge on any atom is 0.313 e. The molecular formula is C17H17N3O2. The van der Waals surface area contributed by atoms with E-state index < -0.39 is 0 Å². The molecule has 1 unspecified atom stereocenters. The molecule has 1 atom stereocenters. The van der Waals surface area contributed by atoms with Gasteiger partial charge < -0.3 is 4.74 Å². The molecule has 0 saturated heterocycles. The zero-order valence-electron chi connectivity index (χ0n) is 12.6. The van der Waals surface area contributed by atoms with Gasteiger partial charge in [-0.05, 0) is 25.5 Å². The predicted octanol–water partition coefficient (Wildman–Crippen LogP) is 3.06. The van der Waals surface area contributed by atoms with Gasteiger partial charge in [0.2, 0.25) is 5.78 Å². The molecule has 0 bridgehead atoms. The highest BCUT2D eigenvalue weighted by Gasteiger charge is 2.16. The molecule has 112 valence electrons. The third-order valence-electron chi connectivity index (χ3n) is 3.58. The van der Waals surface area contributed by atoms with Crippen LogP contribution in [0, 0.1) is 0 Å². The summed E-state index contributed by atoms with van der Waals surface area (Å²) >= 11 is 0. The second kappa shape index (κ2) is 5.97. The van der Waals surface area contributed by atoms with E-state index >= 15 is 0 Å². The zero-order valence-corrected chi connectivity index (χ0v) is 12.6. The van der Waals surface area contributed by atoms with Crippen molar-refractivity contribution in [2.45, 2.75) is 19.8 Å². The monoisotopic (exact) mass is 295 g/mol. The second-order valence-corrected chi connectivity index (χ2v) is 5.05. The molecule has 0 spiro atoms. The molecule has 2 aromatic heterocycles. The lowest BCUT2D eigenvalue weighted by Crippen LogP contribution is -2.12. The Hall–Kier alpha value is -2.69. The van der Waals surface area contributed by atoms with Crippen LogP contribution >= 0.6 is 0 Å². The number of nitrogens with zero attached hydrogens (tertiary/aromatic N) is 3. The molecule has 3 rings (SSSR count). The van der Waals surface area contributed by atoms with Crippen LogP contribution in [0.25, 0.3) is 17.0 Å². The Morgan fingerprint density at radius 1 is 1.32 bits per heavy atom. The first-order valence-electron chi connectivity index (χ1n) is 7.25. The Bertz CT molecular complexity index is 760. The van der Waals surface area contributed by atoms with Crippen molar-refractivity contribution < 1.29 is 9.53 Å².